The number of rotatable bonds is 3. The molecule has 3 aromatic carbocycles. The lowest BCUT2D eigenvalue weighted by Crippen LogP contribution is -2.14. The first kappa shape index (κ1) is 21.1. The summed E-state index contributed by atoms with van der Waals surface area (Å²) in [7, 11) is 0. The smallest absolute Gasteiger partial charge is 0.132 e. The zero-order valence-electron chi connectivity index (χ0n) is 20.9. The van der Waals surface area contributed by atoms with E-state index in [-0.39, 0.29) is 0 Å². The molecule has 0 unspecified atom stereocenters. The monoisotopic (exact) mass is 522 g/mol. The van der Waals surface area contributed by atoms with Crippen LogP contribution in [0.4, 0.5) is 11.5 Å². The zero-order valence-corrected chi connectivity index (χ0v) is 21.7. The molecule has 0 saturated carbocycles. The van der Waals surface area contributed by atoms with Crippen molar-refractivity contribution in [2.24, 2.45) is 0 Å². The summed E-state index contributed by atoms with van der Waals surface area (Å²) in [4.78, 5) is 9.77. The number of fused-ring (bicyclic) bond motifs is 8. The number of pyridine rings is 1. The van der Waals surface area contributed by atoms with Gasteiger partial charge in [0.2, 0.25) is 0 Å². The molecule has 0 radical (unpaired) electrons. The third kappa shape index (κ3) is 2.90. The molecule has 0 atom stereocenters. The fraction of sp³-hybridized carbons (Fsp3) is 0.0625. The van der Waals surface area contributed by atoms with Gasteiger partial charge in [0.05, 0.1) is 34.1 Å². The van der Waals surface area contributed by atoms with Gasteiger partial charge >= 0.3 is 0 Å². The van der Waals surface area contributed by atoms with Crippen LogP contribution in [0.5, 0.6) is 0 Å². The number of nitrogens with zero attached hydrogens (tertiary/aromatic N) is 6. The molecule has 0 amide bonds. The van der Waals surface area contributed by atoms with E-state index in [2.05, 4.69) is 110 Å². The van der Waals surface area contributed by atoms with E-state index < -0.39 is 0 Å². The molecule has 7 heteroatoms. The maximum Gasteiger partial charge on any atom is 0.132 e. The number of thiophene rings is 1. The molecule has 0 saturated heterocycles. The Balaban J connectivity index is 1.29. The molecule has 39 heavy (non-hydrogen) atoms. The number of hydrogen-bond acceptors (Lipinski definition) is 4. The molecule has 186 valence electrons. The van der Waals surface area contributed by atoms with Gasteiger partial charge in [0, 0.05) is 40.5 Å². The Hall–Kier alpha value is -4.88. The van der Waals surface area contributed by atoms with Crippen molar-refractivity contribution in [3.8, 4) is 11.4 Å². The minimum Gasteiger partial charge on any atom is -0.324 e. The molecule has 5 aromatic heterocycles. The molecule has 8 aromatic rings. The minimum atomic E-state index is 0.967. The van der Waals surface area contributed by atoms with E-state index in [0.717, 1.165) is 46.7 Å². The predicted molar refractivity (Wildman–Crippen MR) is 159 cm³/mol. The molecule has 6 nitrogen and oxygen atoms in total. The Morgan fingerprint density at radius 2 is 1.56 bits per heavy atom. The zero-order chi connectivity index (χ0) is 25.5. The van der Waals surface area contributed by atoms with E-state index in [1.807, 2.05) is 34.5 Å². The number of imidazole rings is 1. The van der Waals surface area contributed by atoms with Crippen LogP contribution < -0.4 is 4.90 Å². The van der Waals surface area contributed by atoms with Crippen LogP contribution in [0.3, 0.4) is 0 Å². The molecule has 0 N–H and O–H groups in total. The standard InChI is InChI=1S/C32H22N6S/c1-2-11-25-21(8-1)20-34-38(25)23-10-7-9-22(18-23)36-26-12-3-4-13-27(26)37-30(36)19-24-31-28(39-32(24)37)15-17-35(31)29-14-5-6-16-33-29/h1-14,16,18-20H,15,17H2. The predicted octanol–water partition coefficient (Wildman–Crippen LogP) is 7.53. The maximum atomic E-state index is 4.71. The fourth-order valence-electron chi connectivity index (χ4n) is 6.17. The van der Waals surface area contributed by atoms with Gasteiger partial charge in [-0.3, -0.25) is 8.97 Å². The van der Waals surface area contributed by atoms with Gasteiger partial charge in [-0.25, -0.2) is 9.67 Å². The van der Waals surface area contributed by atoms with Gasteiger partial charge in [0.25, 0.3) is 0 Å². The van der Waals surface area contributed by atoms with Crippen molar-refractivity contribution in [3.63, 3.8) is 0 Å². The molecule has 6 heterocycles. The molecule has 0 aliphatic carbocycles. The SMILES string of the molecule is c1ccc(N2CCc3sc4c(cc5n(-c6cccc(-n7ncc8ccccc87)c6)c6ccccc6n45)c32)nc1. The van der Waals surface area contributed by atoms with E-state index >= 15 is 0 Å². The highest BCUT2D eigenvalue weighted by atomic mass is 32.1. The Kier molecular flexibility index (Phi) is 4.23. The van der Waals surface area contributed by atoms with Crippen LogP contribution in [0.1, 0.15) is 4.88 Å². The highest BCUT2D eigenvalue weighted by Crippen LogP contribution is 2.47. The highest BCUT2D eigenvalue weighted by Gasteiger charge is 2.29. The van der Waals surface area contributed by atoms with Crippen molar-refractivity contribution in [1.82, 2.24) is 23.7 Å². The molecule has 9 rings (SSSR count). The molecule has 1 aliphatic rings. The van der Waals surface area contributed by atoms with Crippen LogP contribution in [0.2, 0.25) is 0 Å². The summed E-state index contributed by atoms with van der Waals surface area (Å²) < 4.78 is 6.83. The molecule has 0 bridgehead atoms. The second-order valence-corrected chi connectivity index (χ2v) is 11.1. The second-order valence-electron chi connectivity index (χ2n) is 9.98. The van der Waals surface area contributed by atoms with E-state index in [4.69, 9.17) is 5.10 Å². The summed E-state index contributed by atoms with van der Waals surface area (Å²) in [6, 6.07) is 34.2. The number of benzene rings is 3. The van der Waals surface area contributed by atoms with Crippen molar-refractivity contribution in [1.29, 1.82) is 0 Å². The average molecular weight is 523 g/mol. The summed E-state index contributed by atoms with van der Waals surface area (Å²) in [5.41, 5.74) is 8.13. The van der Waals surface area contributed by atoms with Crippen LogP contribution in [0, 0.1) is 0 Å². The Bertz CT molecular complexity index is 2200. The van der Waals surface area contributed by atoms with Gasteiger partial charge in [-0.15, -0.1) is 11.3 Å². The maximum absolute atomic E-state index is 4.71. The molecular formula is C32H22N6S. The lowest BCUT2D eigenvalue weighted by atomic mass is 10.2. The van der Waals surface area contributed by atoms with Gasteiger partial charge < -0.3 is 4.90 Å². The van der Waals surface area contributed by atoms with Crippen molar-refractivity contribution in [3.05, 3.63) is 114 Å². The largest absolute Gasteiger partial charge is 0.324 e. The lowest BCUT2D eigenvalue weighted by molar-refractivity contribution is 0.908. The van der Waals surface area contributed by atoms with E-state index in [1.165, 1.54) is 31.8 Å². The fourth-order valence-corrected chi connectivity index (χ4v) is 7.47. The molecular weight excluding hydrogens is 500 g/mol. The number of para-hydroxylation sites is 3. The van der Waals surface area contributed by atoms with Crippen molar-refractivity contribution in [2.45, 2.75) is 6.42 Å². The van der Waals surface area contributed by atoms with Crippen molar-refractivity contribution >= 4 is 60.6 Å². The lowest BCUT2D eigenvalue weighted by Gasteiger charge is -2.17. The summed E-state index contributed by atoms with van der Waals surface area (Å²) >= 11 is 1.91. The first-order chi connectivity index (χ1) is 19.3. The van der Waals surface area contributed by atoms with E-state index in [0.29, 0.717) is 0 Å². The molecule has 0 spiro atoms. The Labute approximate surface area is 227 Å². The molecule has 1 aliphatic heterocycles. The van der Waals surface area contributed by atoms with E-state index in [1.54, 1.807) is 0 Å². The molecule has 0 fully saturated rings. The Morgan fingerprint density at radius 1 is 0.744 bits per heavy atom. The van der Waals surface area contributed by atoms with Crippen LogP contribution >= 0.6 is 11.3 Å². The minimum absolute atomic E-state index is 0.967. The second kappa shape index (κ2) is 7.82. The van der Waals surface area contributed by atoms with Gasteiger partial charge in [0.15, 0.2) is 0 Å². The van der Waals surface area contributed by atoms with Crippen molar-refractivity contribution < 1.29 is 0 Å². The third-order valence-corrected chi connectivity index (χ3v) is 9.08. The van der Waals surface area contributed by atoms with Gasteiger partial charge in [-0.05, 0) is 54.6 Å². The summed E-state index contributed by atoms with van der Waals surface area (Å²) in [6.07, 6.45) is 4.86. The van der Waals surface area contributed by atoms with Crippen LogP contribution in [-0.4, -0.2) is 30.3 Å². The first-order valence-corrected chi connectivity index (χ1v) is 14.0. The normalized spacial score (nSPS) is 13.4. The number of anilines is 2. The van der Waals surface area contributed by atoms with Crippen molar-refractivity contribution in [2.75, 3.05) is 11.4 Å². The van der Waals surface area contributed by atoms with E-state index in [9.17, 15) is 0 Å². The van der Waals surface area contributed by atoms with Crippen LogP contribution in [0.15, 0.2) is 109 Å². The quantitative estimate of drug-likeness (QED) is 0.241. The summed E-state index contributed by atoms with van der Waals surface area (Å²) in [5, 5.41) is 7.14. The first-order valence-electron chi connectivity index (χ1n) is 13.1. The number of aromatic nitrogens is 5. The summed E-state index contributed by atoms with van der Waals surface area (Å²) in [6.45, 7) is 0.967. The van der Waals surface area contributed by atoms with Gasteiger partial charge in [0.1, 0.15) is 16.3 Å². The third-order valence-electron chi connectivity index (χ3n) is 7.84. The van der Waals surface area contributed by atoms with Gasteiger partial charge in [-0.1, -0.05) is 42.5 Å². The summed E-state index contributed by atoms with van der Waals surface area (Å²) in [5.74, 6) is 1.01. The van der Waals surface area contributed by atoms with Gasteiger partial charge in [-0.2, -0.15) is 5.10 Å². The number of hydrogen-bond donors (Lipinski definition) is 0. The van der Waals surface area contributed by atoms with Crippen LogP contribution in [0.25, 0.3) is 49.2 Å². The topological polar surface area (TPSA) is 43.3 Å². The average Bonchev–Trinajstić information content (AvgIpc) is 3.78. The Morgan fingerprint density at radius 3 is 2.46 bits per heavy atom. The highest BCUT2D eigenvalue weighted by molar-refractivity contribution is 7.19. The van der Waals surface area contributed by atoms with Crippen LogP contribution in [-0.2, 0) is 6.42 Å².